The highest BCUT2D eigenvalue weighted by molar-refractivity contribution is 7.89. The number of hydrogen-bond acceptors (Lipinski definition) is 4. The second-order valence-electron chi connectivity index (χ2n) is 5.81. The summed E-state index contributed by atoms with van der Waals surface area (Å²) in [5.74, 6) is 0.116. The molecule has 1 heterocycles. The molecule has 0 radical (unpaired) electrons. The van der Waals surface area contributed by atoms with E-state index in [1.807, 2.05) is 0 Å². The van der Waals surface area contributed by atoms with Crippen LogP contribution in [0.5, 0.6) is 5.75 Å². The van der Waals surface area contributed by atoms with Crippen molar-refractivity contribution in [2.45, 2.75) is 38.1 Å². The Hall–Kier alpha value is -1.60. The molecule has 0 unspecified atom stereocenters. The number of benzene rings is 1. The number of aryl methyl sites for hydroxylation is 1. The van der Waals surface area contributed by atoms with Gasteiger partial charge in [0.2, 0.25) is 10.0 Å². The molecule has 0 aromatic heterocycles. The van der Waals surface area contributed by atoms with Gasteiger partial charge in [0.15, 0.2) is 6.61 Å². The van der Waals surface area contributed by atoms with Gasteiger partial charge in [-0.2, -0.15) is 0 Å². The van der Waals surface area contributed by atoms with Crippen molar-refractivity contribution in [3.8, 4) is 5.75 Å². The van der Waals surface area contributed by atoms with E-state index in [0.29, 0.717) is 17.0 Å². The van der Waals surface area contributed by atoms with E-state index in [9.17, 15) is 13.2 Å². The third-order valence-electron chi connectivity index (χ3n) is 2.64. The molecule has 0 aliphatic carbocycles. The number of amides is 1. The van der Waals surface area contributed by atoms with E-state index in [1.54, 1.807) is 33.8 Å². The molecular weight excluding hydrogens is 280 g/mol. The van der Waals surface area contributed by atoms with Gasteiger partial charge in [-0.1, -0.05) is 0 Å². The highest BCUT2D eigenvalue weighted by atomic mass is 32.2. The molecule has 2 N–H and O–H groups in total. The van der Waals surface area contributed by atoms with E-state index in [2.05, 4.69) is 10.0 Å². The van der Waals surface area contributed by atoms with Gasteiger partial charge < -0.3 is 10.1 Å². The topological polar surface area (TPSA) is 84.5 Å². The number of anilines is 1. The van der Waals surface area contributed by atoms with E-state index in [4.69, 9.17) is 4.74 Å². The number of fused-ring (bicyclic) bond motifs is 1. The molecule has 0 bridgehead atoms. The van der Waals surface area contributed by atoms with Crippen LogP contribution in [0.1, 0.15) is 26.3 Å². The van der Waals surface area contributed by atoms with Crippen LogP contribution >= 0.6 is 0 Å². The average molecular weight is 298 g/mol. The van der Waals surface area contributed by atoms with E-state index < -0.39 is 15.6 Å². The predicted octanol–water partition coefficient (Wildman–Crippen LogP) is 1.40. The molecule has 1 amide bonds. The van der Waals surface area contributed by atoms with E-state index >= 15 is 0 Å². The normalized spacial score (nSPS) is 15.3. The van der Waals surface area contributed by atoms with Gasteiger partial charge in [-0.05, 0) is 39.3 Å². The maximum Gasteiger partial charge on any atom is 0.262 e. The number of hydrogen-bond donors (Lipinski definition) is 2. The minimum absolute atomic E-state index is 0.109. The van der Waals surface area contributed by atoms with Crippen LogP contribution < -0.4 is 14.8 Å². The zero-order valence-electron chi connectivity index (χ0n) is 11.9. The summed E-state index contributed by atoms with van der Waals surface area (Å²) in [5, 5.41) is 2.65. The zero-order chi connectivity index (χ0) is 15.1. The lowest BCUT2D eigenvalue weighted by Gasteiger charge is -2.23. The molecule has 2 rings (SSSR count). The Kier molecular flexibility index (Phi) is 3.51. The number of nitrogens with one attached hydrogen (secondary N) is 2. The van der Waals surface area contributed by atoms with Crippen molar-refractivity contribution in [3.63, 3.8) is 0 Å². The van der Waals surface area contributed by atoms with Gasteiger partial charge in [0.05, 0.1) is 10.6 Å². The largest absolute Gasteiger partial charge is 0.482 e. The minimum atomic E-state index is -3.64. The SMILES string of the molecule is Cc1cc2c(cc1S(=O)(=O)NC(C)(C)C)OCC(=O)N2. The van der Waals surface area contributed by atoms with Crippen molar-refractivity contribution in [3.05, 3.63) is 17.7 Å². The van der Waals surface area contributed by atoms with Crippen molar-refractivity contribution >= 4 is 21.6 Å². The molecule has 20 heavy (non-hydrogen) atoms. The quantitative estimate of drug-likeness (QED) is 0.864. The van der Waals surface area contributed by atoms with Crippen molar-refractivity contribution in [1.29, 1.82) is 0 Å². The maximum absolute atomic E-state index is 12.4. The Balaban J connectivity index is 2.46. The fraction of sp³-hybridized carbons (Fsp3) is 0.462. The Morgan fingerprint density at radius 2 is 1.95 bits per heavy atom. The third kappa shape index (κ3) is 3.10. The number of carbonyl (C=O) groups is 1. The van der Waals surface area contributed by atoms with Crippen LogP contribution in [0.4, 0.5) is 5.69 Å². The molecule has 0 fully saturated rings. The van der Waals surface area contributed by atoms with Gasteiger partial charge in [-0.25, -0.2) is 13.1 Å². The van der Waals surface area contributed by atoms with Gasteiger partial charge in [0.1, 0.15) is 5.75 Å². The summed E-state index contributed by atoms with van der Waals surface area (Å²) in [7, 11) is -3.64. The fourth-order valence-corrected chi connectivity index (χ4v) is 3.62. The Labute approximate surface area is 118 Å². The predicted molar refractivity (Wildman–Crippen MR) is 75.4 cm³/mol. The smallest absolute Gasteiger partial charge is 0.262 e. The first-order valence-corrected chi connectivity index (χ1v) is 7.68. The second-order valence-corrected chi connectivity index (χ2v) is 7.46. The lowest BCUT2D eigenvalue weighted by Crippen LogP contribution is -2.40. The van der Waals surface area contributed by atoms with Gasteiger partial charge in [0.25, 0.3) is 5.91 Å². The summed E-state index contributed by atoms with van der Waals surface area (Å²) in [5.41, 5.74) is 0.468. The number of carbonyl (C=O) groups excluding carboxylic acids is 1. The van der Waals surface area contributed by atoms with Crippen molar-refractivity contribution in [2.24, 2.45) is 0 Å². The van der Waals surface area contributed by atoms with E-state index in [-0.39, 0.29) is 17.4 Å². The van der Waals surface area contributed by atoms with Crippen molar-refractivity contribution < 1.29 is 17.9 Å². The number of ether oxygens (including phenoxy) is 1. The van der Waals surface area contributed by atoms with Gasteiger partial charge in [-0.15, -0.1) is 0 Å². The van der Waals surface area contributed by atoms with Crippen LogP contribution in [0.15, 0.2) is 17.0 Å². The first-order valence-electron chi connectivity index (χ1n) is 6.20. The van der Waals surface area contributed by atoms with E-state index in [0.717, 1.165) is 0 Å². The van der Waals surface area contributed by atoms with Gasteiger partial charge in [0, 0.05) is 11.6 Å². The fourth-order valence-electron chi connectivity index (χ4n) is 1.96. The standard InChI is InChI=1S/C13H18N2O4S/c1-8-5-9-10(19-7-12(16)14-9)6-11(8)20(17,18)15-13(2,3)4/h5-6,15H,7H2,1-4H3,(H,14,16). The first kappa shape index (κ1) is 14.8. The summed E-state index contributed by atoms with van der Waals surface area (Å²) < 4.78 is 32.6. The van der Waals surface area contributed by atoms with Gasteiger partial charge in [-0.3, -0.25) is 4.79 Å². The van der Waals surface area contributed by atoms with Crippen molar-refractivity contribution in [2.75, 3.05) is 11.9 Å². The summed E-state index contributed by atoms with van der Waals surface area (Å²) in [4.78, 5) is 11.4. The average Bonchev–Trinajstić information content (AvgIpc) is 2.24. The Bertz CT molecular complexity index is 660. The molecule has 6 nitrogen and oxygen atoms in total. The Morgan fingerprint density at radius 1 is 1.30 bits per heavy atom. The molecule has 1 aromatic carbocycles. The molecular formula is C13H18N2O4S. The molecule has 0 saturated heterocycles. The lowest BCUT2D eigenvalue weighted by molar-refractivity contribution is -0.118. The molecule has 0 saturated carbocycles. The van der Waals surface area contributed by atoms with Gasteiger partial charge >= 0.3 is 0 Å². The first-order chi connectivity index (χ1) is 9.08. The molecule has 0 spiro atoms. The van der Waals surface area contributed by atoms with Crippen LogP contribution in [-0.2, 0) is 14.8 Å². The van der Waals surface area contributed by atoms with Crippen LogP contribution in [0.3, 0.4) is 0 Å². The Morgan fingerprint density at radius 3 is 2.55 bits per heavy atom. The van der Waals surface area contributed by atoms with Crippen molar-refractivity contribution in [1.82, 2.24) is 4.72 Å². The van der Waals surface area contributed by atoms with Crippen LogP contribution in [0.2, 0.25) is 0 Å². The summed E-state index contributed by atoms with van der Waals surface area (Å²) in [6, 6.07) is 3.04. The summed E-state index contributed by atoms with van der Waals surface area (Å²) in [6.07, 6.45) is 0. The highest BCUT2D eigenvalue weighted by Crippen LogP contribution is 2.33. The monoisotopic (exact) mass is 298 g/mol. The number of sulfonamides is 1. The third-order valence-corrected chi connectivity index (χ3v) is 4.54. The lowest BCUT2D eigenvalue weighted by atomic mass is 10.1. The molecule has 1 aliphatic heterocycles. The number of rotatable bonds is 2. The summed E-state index contributed by atoms with van der Waals surface area (Å²) in [6.45, 7) is 6.89. The molecule has 1 aromatic rings. The molecule has 1 aliphatic rings. The minimum Gasteiger partial charge on any atom is -0.482 e. The van der Waals surface area contributed by atoms with E-state index in [1.165, 1.54) is 6.07 Å². The summed E-state index contributed by atoms with van der Waals surface area (Å²) >= 11 is 0. The van der Waals surface area contributed by atoms with Crippen LogP contribution in [0, 0.1) is 6.92 Å². The highest BCUT2D eigenvalue weighted by Gasteiger charge is 2.26. The van der Waals surface area contributed by atoms with Crippen LogP contribution in [-0.4, -0.2) is 26.5 Å². The molecule has 110 valence electrons. The molecule has 7 heteroatoms. The molecule has 0 atom stereocenters. The zero-order valence-corrected chi connectivity index (χ0v) is 12.7. The second kappa shape index (κ2) is 4.75. The maximum atomic E-state index is 12.4. The van der Waals surface area contributed by atoms with Crippen LogP contribution in [0.25, 0.3) is 0 Å².